The van der Waals surface area contributed by atoms with E-state index in [4.69, 9.17) is 4.74 Å². The fraction of sp³-hybridized carbons (Fsp3) is 0.350. The van der Waals surface area contributed by atoms with Gasteiger partial charge in [-0.1, -0.05) is 36.8 Å². The van der Waals surface area contributed by atoms with Crippen molar-refractivity contribution >= 4 is 17.9 Å². The number of carbonyl (C=O) groups excluding carboxylic acids is 1. The fourth-order valence-corrected chi connectivity index (χ4v) is 3.10. The predicted molar refractivity (Wildman–Crippen MR) is 102 cm³/mol. The van der Waals surface area contributed by atoms with Crippen LogP contribution in [0.3, 0.4) is 0 Å². The van der Waals surface area contributed by atoms with E-state index >= 15 is 0 Å². The van der Waals surface area contributed by atoms with Crippen molar-refractivity contribution in [3.63, 3.8) is 0 Å². The Labute approximate surface area is 158 Å². The van der Waals surface area contributed by atoms with Crippen molar-refractivity contribution in [1.29, 1.82) is 0 Å². The number of nitrogens with one attached hydrogen (secondary N) is 1. The van der Waals surface area contributed by atoms with Crippen molar-refractivity contribution in [2.45, 2.75) is 20.3 Å². The van der Waals surface area contributed by atoms with E-state index in [2.05, 4.69) is 15.3 Å². The number of anilines is 1. The van der Waals surface area contributed by atoms with Crippen molar-refractivity contribution < 1.29 is 13.9 Å². The van der Waals surface area contributed by atoms with E-state index in [-0.39, 0.29) is 17.8 Å². The summed E-state index contributed by atoms with van der Waals surface area (Å²) >= 11 is 0. The van der Waals surface area contributed by atoms with Gasteiger partial charge in [-0.3, -0.25) is 5.32 Å². The standard InChI is InChI=1S/C20H23FN4O2/c1-13-5-4-6-16(19(13)21)9-15-7-8-25(12-14(15)2)20(26)24-17-10-23-18(27-3)11-22-17/h4-6,9-11,14H,7-8,12H2,1-3H3,(H,22,24,26)/b15-9+. The lowest BCUT2D eigenvalue weighted by molar-refractivity contribution is 0.197. The average molecular weight is 370 g/mol. The van der Waals surface area contributed by atoms with Crippen molar-refractivity contribution in [3.05, 3.63) is 53.1 Å². The Morgan fingerprint density at radius 3 is 2.85 bits per heavy atom. The summed E-state index contributed by atoms with van der Waals surface area (Å²) in [6.45, 7) is 4.94. The number of aryl methyl sites for hydroxylation is 1. The SMILES string of the molecule is COc1cnc(NC(=O)N2CC/C(=C\c3cccc(C)c3F)C(C)C2)cn1. The molecule has 27 heavy (non-hydrogen) atoms. The molecule has 6 nitrogen and oxygen atoms in total. The molecule has 0 aliphatic carbocycles. The number of amides is 2. The molecule has 3 rings (SSSR count). The molecule has 142 valence electrons. The number of halogens is 1. The molecule has 1 aliphatic heterocycles. The Bertz CT molecular complexity index is 852. The van der Waals surface area contributed by atoms with Crippen molar-refractivity contribution in [1.82, 2.24) is 14.9 Å². The summed E-state index contributed by atoms with van der Waals surface area (Å²) in [5.74, 6) is 0.719. The summed E-state index contributed by atoms with van der Waals surface area (Å²) in [6, 6.07) is 5.18. The lowest BCUT2D eigenvalue weighted by atomic mass is 9.91. The van der Waals surface area contributed by atoms with Gasteiger partial charge in [-0.05, 0) is 24.8 Å². The Morgan fingerprint density at radius 2 is 2.19 bits per heavy atom. The van der Waals surface area contributed by atoms with Gasteiger partial charge in [-0.25, -0.2) is 19.2 Å². The minimum Gasteiger partial charge on any atom is -0.480 e. The van der Waals surface area contributed by atoms with Crippen LogP contribution in [0.15, 0.2) is 36.2 Å². The molecule has 0 spiro atoms. The highest BCUT2D eigenvalue weighted by atomic mass is 19.1. The summed E-state index contributed by atoms with van der Waals surface area (Å²) in [6.07, 6.45) is 5.52. The van der Waals surface area contributed by atoms with E-state index in [0.29, 0.717) is 42.3 Å². The minimum absolute atomic E-state index is 0.145. The van der Waals surface area contributed by atoms with Crippen LogP contribution in [0.5, 0.6) is 5.88 Å². The van der Waals surface area contributed by atoms with Crippen molar-refractivity contribution in [2.24, 2.45) is 5.92 Å². The molecule has 1 unspecified atom stereocenters. The van der Waals surface area contributed by atoms with Gasteiger partial charge in [0.25, 0.3) is 0 Å². The molecule has 1 saturated heterocycles. The second kappa shape index (κ2) is 8.16. The molecular weight excluding hydrogens is 347 g/mol. The Balaban J connectivity index is 1.64. The molecule has 2 amide bonds. The summed E-state index contributed by atoms with van der Waals surface area (Å²) in [5, 5.41) is 2.74. The van der Waals surface area contributed by atoms with Gasteiger partial charge in [0.1, 0.15) is 5.82 Å². The number of benzene rings is 1. The van der Waals surface area contributed by atoms with Gasteiger partial charge in [-0.2, -0.15) is 0 Å². The van der Waals surface area contributed by atoms with E-state index < -0.39 is 0 Å². The van der Waals surface area contributed by atoms with E-state index in [0.717, 1.165) is 5.57 Å². The minimum atomic E-state index is -0.220. The maximum atomic E-state index is 14.2. The van der Waals surface area contributed by atoms with Gasteiger partial charge < -0.3 is 9.64 Å². The molecule has 1 N–H and O–H groups in total. The van der Waals surface area contributed by atoms with Gasteiger partial charge in [-0.15, -0.1) is 0 Å². The number of aromatic nitrogens is 2. The zero-order chi connectivity index (χ0) is 19.4. The molecule has 1 aromatic carbocycles. The molecule has 1 aliphatic rings. The monoisotopic (exact) mass is 370 g/mol. The fourth-order valence-electron chi connectivity index (χ4n) is 3.10. The molecule has 1 fully saturated rings. The van der Waals surface area contributed by atoms with Crippen LogP contribution in [0.4, 0.5) is 15.0 Å². The highest BCUT2D eigenvalue weighted by Gasteiger charge is 2.25. The molecule has 0 radical (unpaired) electrons. The average Bonchev–Trinajstić information content (AvgIpc) is 2.67. The summed E-state index contributed by atoms with van der Waals surface area (Å²) in [4.78, 5) is 22.3. The van der Waals surface area contributed by atoms with E-state index in [1.54, 1.807) is 24.0 Å². The Kier molecular flexibility index (Phi) is 5.69. The van der Waals surface area contributed by atoms with Gasteiger partial charge >= 0.3 is 6.03 Å². The third kappa shape index (κ3) is 4.42. The van der Waals surface area contributed by atoms with E-state index in [1.165, 1.54) is 19.5 Å². The molecule has 1 aromatic heterocycles. The number of nitrogens with zero attached hydrogens (tertiary/aromatic N) is 3. The second-order valence-corrected chi connectivity index (χ2v) is 6.67. The number of rotatable bonds is 3. The maximum Gasteiger partial charge on any atom is 0.323 e. The van der Waals surface area contributed by atoms with Crippen LogP contribution in [0.25, 0.3) is 6.08 Å². The number of likely N-dealkylation sites (tertiary alicyclic amines) is 1. The quantitative estimate of drug-likeness (QED) is 0.890. The van der Waals surface area contributed by atoms with E-state index in [1.807, 2.05) is 19.1 Å². The lowest BCUT2D eigenvalue weighted by Gasteiger charge is -2.33. The first-order valence-electron chi connectivity index (χ1n) is 8.85. The van der Waals surface area contributed by atoms with Crippen LogP contribution in [0, 0.1) is 18.7 Å². The number of hydrogen-bond acceptors (Lipinski definition) is 4. The first kappa shape index (κ1) is 18.8. The van der Waals surface area contributed by atoms with Gasteiger partial charge in [0.2, 0.25) is 5.88 Å². The van der Waals surface area contributed by atoms with Gasteiger partial charge in [0.15, 0.2) is 5.82 Å². The van der Waals surface area contributed by atoms with Crippen LogP contribution in [0.2, 0.25) is 0 Å². The summed E-state index contributed by atoms with van der Waals surface area (Å²) in [5.41, 5.74) is 2.38. The third-order valence-electron chi connectivity index (χ3n) is 4.72. The molecule has 0 saturated carbocycles. The Hall–Kier alpha value is -2.96. The molecule has 2 aromatic rings. The number of hydrogen-bond donors (Lipinski definition) is 1. The lowest BCUT2D eigenvalue weighted by Crippen LogP contribution is -2.42. The highest BCUT2D eigenvalue weighted by molar-refractivity contribution is 5.88. The second-order valence-electron chi connectivity index (χ2n) is 6.67. The van der Waals surface area contributed by atoms with E-state index in [9.17, 15) is 9.18 Å². The van der Waals surface area contributed by atoms with Gasteiger partial charge in [0, 0.05) is 18.7 Å². The van der Waals surface area contributed by atoms with Crippen LogP contribution < -0.4 is 10.1 Å². The predicted octanol–water partition coefficient (Wildman–Crippen LogP) is 3.89. The highest BCUT2D eigenvalue weighted by Crippen LogP contribution is 2.26. The van der Waals surface area contributed by atoms with Gasteiger partial charge in [0.05, 0.1) is 19.5 Å². The van der Waals surface area contributed by atoms with Crippen LogP contribution in [0.1, 0.15) is 24.5 Å². The number of piperidine rings is 1. The zero-order valence-corrected chi connectivity index (χ0v) is 15.7. The maximum absolute atomic E-state index is 14.2. The van der Waals surface area contributed by atoms with Crippen LogP contribution >= 0.6 is 0 Å². The van der Waals surface area contributed by atoms with Crippen molar-refractivity contribution in [2.75, 3.05) is 25.5 Å². The number of methoxy groups -OCH3 is 1. The van der Waals surface area contributed by atoms with Crippen LogP contribution in [-0.4, -0.2) is 41.1 Å². The molecule has 7 heteroatoms. The first-order chi connectivity index (χ1) is 13.0. The largest absolute Gasteiger partial charge is 0.480 e. The number of urea groups is 1. The smallest absolute Gasteiger partial charge is 0.323 e. The summed E-state index contributed by atoms with van der Waals surface area (Å²) < 4.78 is 19.2. The molecule has 2 heterocycles. The first-order valence-corrected chi connectivity index (χ1v) is 8.85. The van der Waals surface area contributed by atoms with Crippen molar-refractivity contribution in [3.8, 4) is 5.88 Å². The number of carbonyl (C=O) groups is 1. The molecule has 0 bridgehead atoms. The summed E-state index contributed by atoms with van der Waals surface area (Å²) in [7, 11) is 1.51. The third-order valence-corrected chi connectivity index (χ3v) is 4.72. The molecular formula is C20H23FN4O2. The zero-order valence-electron chi connectivity index (χ0n) is 15.7. The topological polar surface area (TPSA) is 67.3 Å². The van der Waals surface area contributed by atoms with Crippen LogP contribution in [-0.2, 0) is 0 Å². The number of ether oxygens (including phenoxy) is 1. The Morgan fingerprint density at radius 1 is 1.37 bits per heavy atom. The molecule has 1 atom stereocenters. The normalized spacial score (nSPS) is 18.4.